The fraction of sp³-hybridized carbons (Fsp3) is 0.158. The summed E-state index contributed by atoms with van der Waals surface area (Å²) in [6.07, 6.45) is 1.53. The van der Waals surface area contributed by atoms with Crippen molar-refractivity contribution in [1.29, 1.82) is 5.26 Å². The van der Waals surface area contributed by atoms with Gasteiger partial charge in [0.1, 0.15) is 23.1 Å². The first-order chi connectivity index (χ1) is 11.1. The number of methoxy groups -OCH3 is 2. The Balaban J connectivity index is 2.43. The van der Waals surface area contributed by atoms with Gasteiger partial charge in [0.25, 0.3) is 0 Å². The summed E-state index contributed by atoms with van der Waals surface area (Å²) >= 11 is 0. The van der Waals surface area contributed by atoms with Crippen molar-refractivity contribution in [3.63, 3.8) is 0 Å². The maximum atomic E-state index is 12.5. The molecule has 4 nitrogen and oxygen atoms in total. The van der Waals surface area contributed by atoms with E-state index in [-0.39, 0.29) is 11.4 Å². The minimum absolute atomic E-state index is 0.0547. The molecule has 0 aliphatic heterocycles. The number of rotatable bonds is 5. The van der Waals surface area contributed by atoms with Crippen molar-refractivity contribution in [1.82, 2.24) is 0 Å². The highest BCUT2D eigenvalue weighted by atomic mass is 16.5. The van der Waals surface area contributed by atoms with E-state index in [1.165, 1.54) is 13.2 Å². The molecule has 0 heterocycles. The summed E-state index contributed by atoms with van der Waals surface area (Å²) in [6, 6.07) is 14.3. The predicted octanol–water partition coefficient (Wildman–Crippen LogP) is 3.80. The Morgan fingerprint density at radius 1 is 1.13 bits per heavy atom. The maximum absolute atomic E-state index is 12.5. The molecule has 0 radical (unpaired) electrons. The number of Topliss-reactive ketones (excluding diaryl/α,β-unsaturated/α-hetero) is 1. The molecule has 116 valence electrons. The Labute approximate surface area is 135 Å². The number of aryl methyl sites for hydroxylation is 1. The number of ether oxygens (including phenoxy) is 2. The van der Waals surface area contributed by atoms with Gasteiger partial charge in [0.05, 0.1) is 14.2 Å². The molecule has 2 aromatic rings. The van der Waals surface area contributed by atoms with Crippen molar-refractivity contribution < 1.29 is 14.3 Å². The van der Waals surface area contributed by atoms with Gasteiger partial charge in [0.2, 0.25) is 5.78 Å². The minimum atomic E-state index is -0.311. The molecule has 0 atom stereocenters. The topological polar surface area (TPSA) is 59.3 Å². The zero-order valence-electron chi connectivity index (χ0n) is 13.3. The lowest BCUT2D eigenvalue weighted by atomic mass is 10.00. The van der Waals surface area contributed by atoms with Gasteiger partial charge in [0.15, 0.2) is 0 Å². The maximum Gasteiger partial charge on any atom is 0.203 e. The van der Waals surface area contributed by atoms with E-state index >= 15 is 0 Å². The van der Waals surface area contributed by atoms with Gasteiger partial charge in [-0.25, -0.2) is 0 Å². The minimum Gasteiger partial charge on any atom is -0.497 e. The second-order valence-corrected chi connectivity index (χ2v) is 4.98. The van der Waals surface area contributed by atoms with Gasteiger partial charge in [-0.15, -0.1) is 0 Å². The Kier molecular flexibility index (Phi) is 5.16. The third kappa shape index (κ3) is 3.78. The summed E-state index contributed by atoms with van der Waals surface area (Å²) in [5.41, 5.74) is 2.16. The van der Waals surface area contributed by atoms with Crippen LogP contribution in [0.5, 0.6) is 11.5 Å². The average molecular weight is 307 g/mol. The third-order valence-corrected chi connectivity index (χ3v) is 3.39. The van der Waals surface area contributed by atoms with Crippen molar-refractivity contribution in [3.05, 3.63) is 64.7 Å². The van der Waals surface area contributed by atoms with Crippen LogP contribution in [0.15, 0.2) is 48.0 Å². The monoisotopic (exact) mass is 307 g/mol. The zero-order valence-corrected chi connectivity index (χ0v) is 13.3. The van der Waals surface area contributed by atoms with E-state index in [0.717, 1.165) is 5.56 Å². The summed E-state index contributed by atoms with van der Waals surface area (Å²) in [4.78, 5) is 12.5. The van der Waals surface area contributed by atoms with Crippen molar-refractivity contribution in [2.24, 2.45) is 0 Å². The summed E-state index contributed by atoms with van der Waals surface area (Å²) in [5, 5.41) is 9.35. The van der Waals surface area contributed by atoms with E-state index in [4.69, 9.17) is 9.47 Å². The van der Waals surface area contributed by atoms with Crippen LogP contribution in [0.1, 0.15) is 21.5 Å². The van der Waals surface area contributed by atoms with Crippen molar-refractivity contribution in [3.8, 4) is 17.6 Å². The molecule has 0 aliphatic carbocycles. The summed E-state index contributed by atoms with van der Waals surface area (Å²) in [5.74, 6) is 0.866. The standard InChI is InChI=1S/C19H17NO3/c1-13-5-4-6-15(9-13)19(21)16(12-20)10-14-7-8-17(22-2)11-18(14)23-3/h4-11H,1-3H3/b16-10-. The normalized spacial score (nSPS) is 10.8. The number of nitrogens with zero attached hydrogens (tertiary/aromatic N) is 1. The molecule has 0 spiro atoms. The van der Waals surface area contributed by atoms with Gasteiger partial charge in [-0.3, -0.25) is 4.79 Å². The predicted molar refractivity (Wildman–Crippen MR) is 88.6 cm³/mol. The molecule has 2 rings (SSSR count). The van der Waals surface area contributed by atoms with E-state index in [9.17, 15) is 10.1 Å². The lowest BCUT2D eigenvalue weighted by Gasteiger charge is -2.08. The lowest BCUT2D eigenvalue weighted by molar-refractivity contribution is 0.104. The molecule has 0 saturated carbocycles. The molecule has 0 amide bonds. The van der Waals surface area contributed by atoms with Crippen LogP contribution in [-0.2, 0) is 0 Å². The molecule has 0 unspecified atom stereocenters. The van der Waals surface area contributed by atoms with Crippen LogP contribution in [0.25, 0.3) is 6.08 Å². The fourth-order valence-corrected chi connectivity index (χ4v) is 2.18. The second-order valence-electron chi connectivity index (χ2n) is 4.98. The van der Waals surface area contributed by atoms with E-state index < -0.39 is 0 Å². The molecule has 0 aromatic heterocycles. The molecule has 0 N–H and O–H groups in total. The quantitative estimate of drug-likeness (QED) is 0.479. The Hall–Kier alpha value is -3.06. The molecule has 4 heteroatoms. The highest BCUT2D eigenvalue weighted by molar-refractivity contribution is 6.14. The van der Waals surface area contributed by atoms with Gasteiger partial charge in [-0.05, 0) is 31.2 Å². The number of carbonyl (C=O) groups excluding carboxylic acids is 1. The van der Waals surface area contributed by atoms with Crippen LogP contribution in [-0.4, -0.2) is 20.0 Å². The van der Waals surface area contributed by atoms with Gasteiger partial charge < -0.3 is 9.47 Å². The molecule has 0 aliphatic rings. The average Bonchev–Trinajstić information content (AvgIpc) is 2.59. The van der Waals surface area contributed by atoms with E-state index in [1.807, 2.05) is 19.1 Å². The first-order valence-corrected chi connectivity index (χ1v) is 7.04. The number of hydrogen-bond acceptors (Lipinski definition) is 4. The Morgan fingerprint density at radius 3 is 2.52 bits per heavy atom. The molecule has 0 fully saturated rings. The number of nitriles is 1. The lowest BCUT2D eigenvalue weighted by Crippen LogP contribution is -2.02. The smallest absolute Gasteiger partial charge is 0.203 e. The van der Waals surface area contributed by atoms with Crippen LogP contribution < -0.4 is 9.47 Å². The second kappa shape index (κ2) is 7.28. The fourth-order valence-electron chi connectivity index (χ4n) is 2.18. The Morgan fingerprint density at radius 2 is 1.91 bits per heavy atom. The highest BCUT2D eigenvalue weighted by Gasteiger charge is 2.13. The Bertz CT molecular complexity index is 801. The van der Waals surface area contributed by atoms with E-state index in [2.05, 4.69) is 0 Å². The van der Waals surface area contributed by atoms with Crippen LogP contribution in [0.2, 0.25) is 0 Å². The molecule has 23 heavy (non-hydrogen) atoms. The first kappa shape index (κ1) is 16.3. The van der Waals surface area contributed by atoms with Crippen LogP contribution in [0.3, 0.4) is 0 Å². The van der Waals surface area contributed by atoms with Crippen molar-refractivity contribution in [2.45, 2.75) is 6.92 Å². The number of hydrogen-bond donors (Lipinski definition) is 0. The SMILES string of the molecule is COc1ccc(/C=C(/C#N)C(=O)c2cccc(C)c2)c(OC)c1. The number of benzene rings is 2. The zero-order chi connectivity index (χ0) is 16.8. The number of carbonyl (C=O) groups is 1. The van der Waals surface area contributed by atoms with Crippen molar-refractivity contribution in [2.75, 3.05) is 14.2 Å². The molecule has 0 saturated heterocycles. The largest absolute Gasteiger partial charge is 0.497 e. The summed E-state index contributed by atoms with van der Waals surface area (Å²) in [7, 11) is 3.09. The van der Waals surface area contributed by atoms with Gasteiger partial charge >= 0.3 is 0 Å². The van der Waals surface area contributed by atoms with Gasteiger partial charge in [-0.2, -0.15) is 5.26 Å². The van der Waals surface area contributed by atoms with Gasteiger partial charge in [-0.1, -0.05) is 23.8 Å². The number of ketones is 1. The van der Waals surface area contributed by atoms with E-state index in [1.54, 1.807) is 43.5 Å². The van der Waals surface area contributed by atoms with E-state index in [0.29, 0.717) is 22.6 Å². The number of allylic oxidation sites excluding steroid dienone is 1. The molecule has 2 aromatic carbocycles. The summed E-state index contributed by atoms with van der Waals surface area (Å²) in [6.45, 7) is 1.90. The summed E-state index contributed by atoms with van der Waals surface area (Å²) < 4.78 is 10.4. The molecular formula is C19H17NO3. The van der Waals surface area contributed by atoms with Crippen LogP contribution in [0, 0.1) is 18.3 Å². The van der Waals surface area contributed by atoms with Crippen molar-refractivity contribution >= 4 is 11.9 Å². The molecule has 0 bridgehead atoms. The molecular weight excluding hydrogens is 290 g/mol. The van der Waals surface area contributed by atoms with Crippen LogP contribution in [0.4, 0.5) is 0 Å². The third-order valence-electron chi connectivity index (χ3n) is 3.39. The van der Waals surface area contributed by atoms with Crippen LogP contribution >= 0.6 is 0 Å². The highest BCUT2D eigenvalue weighted by Crippen LogP contribution is 2.27. The van der Waals surface area contributed by atoms with Gasteiger partial charge in [0, 0.05) is 17.2 Å². The first-order valence-electron chi connectivity index (χ1n) is 7.04.